The summed E-state index contributed by atoms with van der Waals surface area (Å²) in [7, 11) is 0. The standard InChI is InChI=1S/C21H16F2N6O2/c1-11-20(27-28-29(11)10-12-3-2-4-13(22)7-12)26-21(31)16-9-18(19(24)30)25-17-8-14(23)5-6-15(16)17/h2-9H,10H2,1H3,(H2,24,30)(H,26,31). The number of fused-ring (bicyclic) bond motifs is 1. The van der Waals surface area contributed by atoms with Crippen molar-refractivity contribution in [3.8, 4) is 0 Å². The smallest absolute Gasteiger partial charge is 0.267 e. The van der Waals surface area contributed by atoms with E-state index in [0.717, 1.165) is 6.07 Å². The molecule has 156 valence electrons. The Labute approximate surface area is 174 Å². The highest BCUT2D eigenvalue weighted by atomic mass is 19.1. The van der Waals surface area contributed by atoms with Gasteiger partial charge in [0, 0.05) is 11.5 Å². The maximum absolute atomic E-state index is 13.6. The molecule has 0 aliphatic rings. The van der Waals surface area contributed by atoms with Crippen LogP contribution in [0.4, 0.5) is 14.6 Å². The van der Waals surface area contributed by atoms with Gasteiger partial charge in [0.05, 0.1) is 23.3 Å². The van der Waals surface area contributed by atoms with Crippen molar-refractivity contribution in [1.82, 2.24) is 20.0 Å². The third-order valence-electron chi connectivity index (χ3n) is 4.70. The van der Waals surface area contributed by atoms with E-state index in [4.69, 9.17) is 5.73 Å². The molecule has 0 unspecified atom stereocenters. The van der Waals surface area contributed by atoms with Gasteiger partial charge >= 0.3 is 0 Å². The number of primary amides is 1. The summed E-state index contributed by atoms with van der Waals surface area (Å²) < 4.78 is 28.5. The van der Waals surface area contributed by atoms with E-state index in [9.17, 15) is 18.4 Å². The number of hydrogen-bond acceptors (Lipinski definition) is 5. The molecule has 2 aromatic carbocycles. The van der Waals surface area contributed by atoms with Crippen molar-refractivity contribution >= 4 is 28.5 Å². The number of nitrogens with two attached hydrogens (primary N) is 1. The molecule has 0 aliphatic heterocycles. The quantitative estimate of drug-likeness (QED) is 0.513. The number of anilines is 1. The first-order valence-corrected chi connectivity index (χ1v) is 9.18. The number of carbonyl (C=O) groups excluding carboxylic acids is 2. The summed E-state index contributed by atoms with van der Waals surface area (Å²) in [5.41, 5.74) is 6.54. The molecule has 0 saturated carbocycles. The SMILES string of the molecule is Cc1c(NC(=O)c2cc(C(N)=O)nc3cc(F)ccc23)nnn1Cc1cccc(F)c1. The van der Waals surface area contributed by atoms with E-state index in [-0.39, 0.29) is 35.0 Å². The summed E-state index contributed by atoms with van der Waals surface area (Å²) in [6, 6.07) is 11.0. The van der Waals surface area contributed by atoms with Crippen LogP contribution in [0.5, 0.6) is 0 Å². The van der Waals surface area contributed by atoms with Crippen LogP contribution in [0.1, 0.15) is 32.1 Å². The molecule has 4 rings (SSSR count). The molecule has 0 bridgehead atoms. The molecule has 0 atom stereocenters. The van der Waals surface area contributed by atoms with Crippen LogP contribution < -0.4 is 11.1 Å². The Morgan fingerprint density at radius 2 is 1.87 bits per heavy atom. The van der Waals surface area contributed by atoms with Crippen molar-refractivity contribution in [3.05, 3.63) is 82.7 Å². The Kier molecular flexibility index (Phi) is 5.12. The lowest BCUT2D eigenvalue weighted by molar-refractivity contribution is 0.0996. The topological polar surface area (TPSA) is 116 Å². The minimum atomic E-state index is -0.850. The van der Waals surface area contributed by atoms with E-state index in [1.807, 2.05) is 0 Å². The maximum atomic E-state index is 13.6. The Balaban J connectivity index is 1.65. The lowest BCUT2D eigenvalue weighted by Crippen LogP contribution is -2.18. The molecule has 0 saturated heterocycles. The number of nitrogens with one attached hydrogen (secondary N) is 1. The lowest BCUT2D eigenvalue weighted by atomic mass is 10.1. The van der Waals surface area contributed by atoms with Crippen LogP contribution >= 0.6 is 0 Å². The molecule has 4 aromatic rings. The zero-order chi connectivity index (χ0) is 22.1. The molecule has 2 heterocycles. The number of pyridine rings is 1. The van der Waals surface area contributed by atoms with E-state index in [1.165, 1.54) is 35.0 Å². The molecule has 3 N–H and O–H groups in total. The third kappa shape index (κ3) is 4.08. The van der Waals surface area contributed by atoms with Gasteiger partial charge in [-0.1, -0.05) is 17.3 Å². The molecule has 31 heavy (non-hydrogen) atoms. The van der Waals surface area contributed by atoms with Crippen molar-refractivity contribution in [2.75, 3.05) is 5.32 Å². The van der Waals surface area contributed by atoms with E-state index in [1.54, 1.807) is 19.1 Å². The number of amides is 2. The number of nitrogens with zero attached hydrogens (tertiary/aromatic N) is 4. The highest BCUT2D eigenvalue weighted by Crippen LogP contribution is 2.22. The summed E-state index contributed by atoms with van der Waals surface area (Å²) in [5.74, 6) is -2.19. The van der Waals surface area contributed by atoms with Gasteiger partial charge in [-0.3, -0.25) is 9.59 Å². The Morgan fingerprint density at radius 1 is 1.10 bits per heavy atom. The number of carbonyl (C=O) groups is 2. The van der Waals surface area contributed by atoms with Crippen molar-refractivity contribution in [2.45, 2.75) is 13.5 Å². The van der Waals surface area contributed by atoms with Crippen molar-refractivity contribution in [1.29, 1.82) is 0 Å². The molecule has 8 nitrogen and oxygen atoms in total. The van der Waals surface area contributed by atoms with E-state index < -0.39 is 17.6 Å². The second-order valence-corrected chi connectivity index (χ2v) is 6.85. The maximum Gasteiger partial charge on any atom is 0.267 e. The van der Waals surface area contributed by atoms with Crippen LogP contribution in [0, 0.1) is 18.6 Å². The molecular formula is C21H16F2N6O2. The predicted molar refractivity (Wildman–Crippen MR) is 108 cm³/mol. The Hall–Kier alpha value is -4.21. The summed E-state index contributed by atoms with van der Waals surface area (Å²) in [6.45, 7) is 1.96. The molecule has 0 fully saturated rings. The fourth-order valence-electron chi connectivity index (χ4n) is 3.12. The highest BCUT2D eigenvalue weighted by Gasteiger charge is 2.19. The van der Waals surface area contributed by atoms with Gasteiger partial charge in [-0.05, 0) is 42.8 Å². The van der Waals surface area contributed by atoms with Gasteiger partial charge in [-0.15, -0.1) is 5.10 Å². The fourth-order valence-corrected chi connectivity index (χ4v) is 3.12. The number of aromatic nitrogens is 4. The van der Waals surface area contributed by atoms with Gasteiger partial charge in [0.15, 0.2) is 5.82 Å². The van der Waals surface area contributed by atoms with Gasteiger partial charge in [0.2, 0.25) is 0 Å². The second-order valence-electron chi connectivity index (χ2n) is 6.85. The Bertz CT molecular complexity index is 1330. The van der Waals surface area contributed by atoms with E-state index >= 15 is 0 Å². The molecule has 0 aliphatic carbocycles. The molecule has 0 spiro atoms. The normalized spacial score (nSPS) is 10.9. The summed E-state index contributed by atoms with van der Waals surface area (Å²) in [6.07, 6.45) is 0. The summed E-state index contributed by atoms with van der Waals surface area (Å²) in [5, 5.41) is 10.9. The lowest BCUT2D eigenvalue weighted by Gasteiger charge is -2.09. The van der Waals surface area contributed by atoms with Gasteiger partial charge < -0.3 is 11.1 Å². The minimum absolute atomic E-state index is 0.0814. The molecule has 10 heteroatoms. The molecule has 2 amide bonds. The van der Waals surface area contributed by atoms with Gasteiger partial charge in [0.25, 0.3) is 11.8 Å². The molecule has 0 radical (unpaired) electrons. The first-order valence-electron chi connectivity index (χ1n) is 9.18. The number of hydrogen-bond donors (Lipinski definition) is 2. The van der Waals surface area contributed by atoms with Crippen molar-refractivity contribution in [2.24, 2.45) is 5.73 Å². The van der Waals surface area contributed by atoms with Crippen molar-refractivity contribution in [3.63, 3.8) is 0 Å². The zero-order valence-electron chi connectivity index (χ0n) is 16.3. The first kappa shape index (κ1) is 20.1. The van der Waals surface area contributed by atoms with Gasteiger partial charge in [-0.25, -0.2) is 18.4 Å². The first-order chi connectivity index (χ1) is 14.8. The van der Waals surface area contributed by atoms with Crippen LogP contribution in [0.3, 0.4) is 0 Å². The van der Waals surface area contributed by atoms with Crippen LogP contribution in [0.15, 0.2) is 48.5 Å². The van der Waals surface area contributed by atoms with Crippen molar-refractivity contribution < 1.29 is 18.4 Å². The number of rotatable bonds is 5. The average molecular weight is 422 g/mol. The van der Waals surface area contributed by atoms with Crippen LogP contribution in [-0.2, 0) is 6.54 Å². The highest BCUT2D eigenvalue weighted by molar-refractivity contribution is 6.13. The minimum Gasteiger partial charge on any atom is -0.364 e. The largest absolute Gasteiger partial charge is 0.364 e. The second kappa shape index (κ2) is 7.90. The zero-order valence-corrected chi connectivity index (χ0v) is 16.3. The fraction of sp³-hybridized carbons (Fsp3) is 0.0952. The monoisotopic (exact) mass is 422 g/mol. The number of halogens is 2. The summed E-state index contributed by atoms with van der Waals surface area (Å²) >= 11 is 0. The third-order valence-corrected chi connectivity index (χ3v) is 4.70. The van der Waals surface area contributed by atoms with Crippen LogP contribution in [0.2, 0.25) is 0 Å². The number of benzene rings is 2. The molecular weight excluding hydrogens is 406 g/mol. The van der Waals surface area contributed by atoms with Crippen LogP contribution in [0.25, 0.3) is 10.9 Å². The molecule has 2 aromatic heterocycles. The van der Waals surface area contributed by atoms with Crippen LogP contribution in [-0.4, -0.2) is 31.8 Å². The van der Waals surface area contributed by atoms with E-state index in [0.29, 0.717) is 16.6 Å². The predicted octanol–water partition coefficient (Wildman–Crippen LogP) is 2.81. The summed E-state index contributed by atoms with van der Waals surface area (Å²) in [4.78, 5) is 28.5. The van der Waals surface area contributed by atoms with Gasteiger partial charge in [-0.2, -0.15) is 0 Å². The van der Waals surface area contributed by atoms with E-state index in [2.05, 4.69) is 20.6 Å². The Morgan fingerprint density at radius 3 is 2.61 bits per heavy atom. The van der Waals surface area contributed by atoms with Gasteiger partial charge in [0.1, 0.15) is 17.3 Å². The average Bonchev–Trinajstić information content (AvgIpc) is 3.06.